The summed E-state index contributed by atoms with van der Waals surface area (Å²) < 4.78 is 9.47. The highest BCUT2D eigenvalue weighted by atomic mass is 32.2. The zero-order valence-electron chi connectivity index (χ0n) is 17.9. The van der Waals surface area contributed by atoms with Gasteiger partial charge in [0.15, 0.2) is 10.9 Å². The third-order valence-electron chi connectivity index (χ3n) is 5.57. The molecule has 2 aromatic heterocycles. The Morgan fingerprint density at radius 3 is 2.63 bits per heavy atom. The number of thioether (sulfide) groups is 1. The van der Waals surface area contributed by atoms with Gasteiger partial charge in [-0.05, 0) is 64.8 Å². The van der Waals surface area contributed by atoms with E-state index < -0.39 is 0 Å². The molecule has 6 nitrogen and oxygen atoms in total. The van der Waals surface area contributed by atoms with Crippen molar-refractivity contribution in [3.8, 4) is 0 Å². The highest BCUT2D eigenvalue weighted by Crippen LogP contribution is 2.38. The highest BCUT2D eigenvalue weighted by molar-refractivity contribution is 7.99. The van der Waals surface area contributed by atoms with Crippen LogP contribution < -0.4 is 0 Å². The molecule has 3 aromatic rings. The van der Waals surface area contributed by atoms with E-state index in [1.807, 2.05) is 19.1 Å². The zero-order valence-corrected chi connectivity index (χ0v) is 18.7. The molecule has 0 radical (unpaired) electrons. The smallest absolute Gasteiger partial charge is 0.338 e. The summed E-state index contributed by atoms with van der Waals surface area (Å²) in [6.07, 6.45) is 2.40. The van der Waals surface area contributed by atoms with E-state index in [4.69, 9.17) is 9.72 Å². The summed E-state index contributed by atoms with van der Waals surface area (Å²) in [5.74, 6) is 0.117. The number of imidazole rings is 1. The molecule has 1 fully saturated rings. The van der Waals surface area contributed by atoms with E-state index in [-0.39, 0.29) is 11.8 Å². The molecule has 0 aliphatic heterocycles. The lowest BCUT2D eigenvalue weighted by Crippen LogP contribution is -2.07. The second-order valence-corrected chi connectivity index (χ2v) is 8.60. The number of carbonyl (C=O) groups excluding carboxylic acids is 2. The van der Waals surface area contributed by atoms with Gasteiger partial charge in [-0.2, -0.15) is 0 Å². The number of aryl methyl sites for hydroxylation is 2. The molecular weight excluding hydrogens is 398 g/mol. The van der Waals surface area contributed by atoms with Gasteiger partial charge in [-0.3, -0.25) is 4.79 Å². The summed E-state index contributed by atoms with van der Waals surface area (Å²) in [6.45, 7) is 9.03. The average Bonchev–Trinajstić information content (AvgIpc) is 3.42. The van der Waals surface area contributed by atoms with Gasteiger partial charge in [0.05, 0.1) is 29.0 Å². The number of hydrogen-bond donors (Lipinski definition) is 0. The van der Waals surface area contributed by atoms with Crippen molar-refractivity contribution < 1.29 is 14.3 Å². The number of fused-ring (bicyclic) bond motifs is 1. The first kappa shape index (κ1) is 20.7. The van der Waals surface area contributed by atoms with Crippen molar-refractivity contribution in [3.05, 3.63) is 46.8 Å². The predicted molar refractivity (Wildman–Crippen MR) is 119 cm³/mol. The SMILES string of the molecule is CCOC(=O)c1ccc2c(c1)nc(SCC(=O)c1cc(C)n(C3CC3)c1C)n2CC. The molecule has 1 aromatic carbocycles. The first-order valence-electron chi connectivity index (χ1n) is 10.5. The zero-order chi connectivity index (χ0) is 21.4. The van der Waals surface area contributed by atoms with Gasteiger partial charge in [-0.1, -0.05) is 11.8 Å². The van der Waals surface area contributed by atoms with Crippen LogP contribution in [0.25, 0.3) is 11.0 Å². The number of esters is 1. The van der Waals surface area contributed by atoms with E-state index in [1.54, 1.807) is 19.1 Å². The van der Waals surface area contributed by atoms with Crippen LogP contribution in [0.15, 0.2) is 29.4 Å². The molecule has 7 heteroatoms. The lowest BCUT2D eigenvalue weighted by Gasteiger charge is -2.08. The molecule has 0 atom stereocenters. The van der Waals surface area contributed by atoms with Crippen LogP contribution in [0, 0.1) is 13.8 Å². The molecule has 0 saturated heterocycles. The van der Waals surface area contributed by atoms with E-state index in [0.29, 0.717) is 24.0 Å². The van der Waals surface area contributed by atoms with E-state index in [9.17, 15) is 9.59 Å². The lowest BCUT2D eigenvalue weighted by molar-refractivity contribution is 0.0526. The Morgan fingerprint density at radius 2 is 1.97 bits per heavy atom. The van der Waals surface area contributed by atoms with Gasteiger partial charge in [0.25, 0.3) is 0 Å². The van der Waals surface area contributed by atoms with Crippen LogP contribution in [0.5, 0.6) is 0 Å². The third-order valence-corrected chi connectivity index (χ3v) is 6.55. The highest BCUT2D eigenvalue weighted by Gasteiger charge is 2.28. The Labute approximate surface area is 180 Å². The predicted octanol–water partition coefficient (Wildman–Crippen LogP) is 4.96. The summed E-state index contributed by atoms with van der Waals surface area (Å²) in [5.41, 5.74) is 5.23. The number of ether oxygens (including phenoxy) is 1. The van der Waals surface area contributed by atoms with Gasteiger partial charge in [0.1, 0.15) is 0 Å². The van der Waals surface area contributed by atoms with E-state index in [2.05, 4.69) is 23.0 Å². The van der Waals surface area contributed by atoms with Crippen LogP contribution in [0.1, 0.15) is 64.8 Å². The maximum Gasteiger partial charge on any atom is 0.338 e. The van der Waals surface area contributed by atoms with Crippen LogP contribution in [-0.4, -0.2) is 38.2 Å². The number of benzene rings is 1. The first-order chi connectivity index (χ1) is 14.4. The third kappa shape index (κ3) is 3.78. The number of ketones is 1. The number of carbonyl (C=O) groups is 2. The molecule has 0 amide bonds. The maximum absolute atomic E-state index is 12.9. The van der Waals surface area contributed by atoms with Gasteiger partial charge in [0, 0.05) is 29.5 Å². The van der Waals surface area contributed by atoms with Crippen molar-refractivity contribution in [2.75, 3.05) is 12.4 Å². The molecule has 0 spiro atoms. The normalized spacial score (nSPS) is 13.7. The topological polar surface area (TPSA) is 66.1 Å². The van der Waals surface area contributed by atoms with Crippen molar-refractivity contribution in [3.63, 3.8) is 0 Å². The van der Waals surface area contributed by atoms with Gasteiger partial charge in [0.2, 0.25) is 0 Å². The van der Waals surface area contributed by atoms with Crippen LogP contribution in [0.2, 0.25) is 0 Å². The minimum atomic E-state index is -0.346. The lowest BCUT2D eigenvalue weighted by atomic mass is 10.2. The number of aromatic nitrogens is 3. The molecule has 0 unspecified atom stereocenters. The molecule has 1 aliphatic carbocycles. The Bertz CT molecular complexity index is 1120. The molecule has 1 saturated carbocycles. The maximum atomic E-state index is 12.9. The van der Waals surface area contributed by atoms with Crippen LogP contribution in [0.3, 0.4) is 0 Å². The summed E-state index contributed by atoms with van der Waals surface area (Å²) in [4.78, 5) is 29.7. The fourth-order valence-corrected chi connectivity index (χ4v) is 4.99. The second kappa shape index (κ2) is 8.30. The number of Topliss-reactive ketones (excluding diaryl/α,β-unsaturated/α-hetero) is 1. The Hall–Kier alpha value is -2.54. The molecular formula is C23H27N3O3S. The minimum Gasteiger partial charge on any atom is -0.462 e. The molecule has 0 N–H and O–H groups in total. The van der Waals surface area contributed by atoms with Gasteiger partial charge >= 0.3 is 5.97 Å². The van der Waals surface area contributed by atoms with Crippen molar-refractivity contribution in [1.82, 2.24) is 14.1 Å². The molecule has 0 bridgehead atoms. The van der Waals surface area contributed by atoms with E-state index in [0.717, 1.165) is 39.7 Å². The summed E-state index contributed by atoms with van der Waals surface area (Å²) in [6, 6.07) is 8.00. The minimum absolute atomic E-state index is 0.127. The summed E-state index contributed by atoms with van der Waals surface area (Å²) in [7, 11) is 0. The first-order valence-corrected chi connectivity index (χ1v) is 11.4. The second-order valence-electron chi connectivity index (χ2n) is 7.66. The molecule has 1 aliphatic rings. The number of rotatable bonds is 8. The number of nitrogens with zero attached hydrogens (tertiary/aromatic N) is 3. The van der Waals surface area contributed by atoms with E-state index in [1.165, 1.54) is 24.6 Å². The Morgan fingerprint density at radius 1 is 1.20 bits per heavy atom. The van der Waals surface area contributed by atoms with E-state index >= 15 is 0 Å². The fourth-order valence-electron chi connectivity index (χ4n) is 4.03. The van der Waals surface area contributed by atoms with Crippen molar-refractivity contribution in [1.29, 1.82) is 0 Å². The fraction of sp³-hybridized carbons (Fsp3) is 0.435. The number of hydrogen-bond acceptors (Lipinski definition) is 5. The molecule has 2 heterocycles. The summed E-state index contributed by atoms with van der Waals surface area (Å²) >= 11 is 1.45. The Kier molecular flexibility index (Phi) is 5.73. The standard InChI is InChI=1S/C23H27N3O3S/c1-5-25-20-10-7-16(22(28)29-6-2)12-19(20)24-23(25)30-13-21(27)18-11-14(3)26(15(18)4)17-8-9-17/h7,10-12,17H,5-6,8-9,13H2,1-4H3. The molecule has 30 heavy (non-hydrogen) atoms. The van der Waals surface area contributed by atoms with Crippen LogP contribution >= 0.6 is 11.8 Å². The van der Waals surface area contributed by atoms with Gasteiger partial charge < -0.3 is 13.9 Å². The largest absolute Gasteiger partial charge is 0.462 e. The van der Waals surface area contributed by atoms with Crippen LogP contribution in [0.4, 0.5) is 0 Å². The van der Waals surface area contributed by atoms with Gasteiger partial charge in [-0.15, -0.1) is 0 Å². The van der Waals surface area contributed by atoms with Crippen molar-refractivity contribution in [2.24, 2.45) is 0 Å². The van der Waals surface area contributed by atoms with Crippen LogP contribution in [-0.2, 0) is 11.3 Å². The van der Waals surface area contributed by atoms with Crippen molar-refractivity contribution in [2.45, 2.75) is 58.3 Å². The monoisotopic (exact) mass is 425 g/mol. The quantitative estimate of drug-likeness (QED) is 0.290. The molecule has 158 valence electrons. The van der Waals surface area contributed by atoms with Crippen molar-refractivity contribution >= 4 is 34.5 Å². The molecule has 4 rings (SSSR count). The average molecular weight is 426 g/mol. The summed E-state index contributed by atoms with van der Waals surface area (Å²) in [5, 5.41) is 0.790. The Balaban J connectivity index is 1.55. The van der Waals surface area contributed by atoms with Gasteiger partial charge in [-0.25, -0.2) is 9.78 Å².